The van der Waals surface area contributed by atoms with Gasteiger partial charge in [0.05, 0.1) is 0 Å². The van der Waals surface area contributed by atoms with Crippen LogP contribution >= 0.6 is 0 Å². The predicted octanol–water partition coefficient (Wildman–Crippen LogP) is 9.67. The molecule has 0 bridgehead atoms. The molecule has 0 aromatic heterocycles. The Morgan fingerprint density at radius 3 is 1.46 bits per heavy atom. The summed E-state index contributed by atoms with van der Waals surface area (Å²) in [5.41, 5.74) is 0. The molecular weight excluding hydrogens is 312 g/mol. The van der Waals surface area contributed by atoms with E-state index in [0.29, 0.717) is 0 Å². The van der Waals surface area contributed by atoms with E-state index < -0.39 is 0 Å². The SMILES string of the molecule is CCCCC(C)CCC(CC)CCC(C)CCCCCCC(C)C(C)C. The molecule has 0 aliphatic carbocycles. The second-order valence-electron chi connectivity index (χ2n) is 9.99. The van der Waals surface area contributed by atoms with Crippen molar-refractivity contribution < 1.29 is 0 Å². The Morgan fingerprint density at radius 2 is 1.00 bits per heavy atom. The van der Waals surface area contributed by atoms with Crippen molar-refractivity contribution in [3.8, 4) is 0 Å². The van der Waals surface area contributed by atoms with E-state index in [1.807, 2.05) is 0 Å². The van der Waals surface area contributed by atoms with E-state index in [-0.39, 0.29) is 0 Å². The van der Waals surface area contributed by atoms with Gasteiger partial charge in [-0.1, -0.05) is 138 Å². The minimum Gasteiger partial charge on any atom is -0.0654 e. The summed E-state index contributed by atoms with van der Waals surface area (Å²) in [6.07, 6.45) is 20.2. The molecule has 0 spiro atoms. The molecule has 0 amide bonds. The Balaban J connectivity index is 3.67. The minimum atomic E-state index is 0.858. The first-order valence-electron chi connectivity index (χ1n) is 12.4. The molecule has 0 saturated carbocycles. The smallest absolute Gasteiger partial charge is 0.0417 e. The Bertz CT molecular complexity index is 280. The van der Waals surface area contributed by atoms with Crippen LogP contribution in [0.3, 0.4) is 0 Å². The van der Waals surface area contributed by atoms with Crippen LogP contribution in [0.5, 0.6) is 0 Å². The molecule has 0 fully saturated rings. The molecule has 26 heavy (non-hydrogen) atoms. The van der Waals surface area contributed by atoms with Crippen molar-refractivity contribution in [3.63, 3.8) is 0 Å². The molecule has 0 aliphatic rings. The molecule has 0 heteroatoms. The molecular formula is C26H54. The fourth-order valence-corrected chi connectivity index (χ4v) is 4.08. The van der Waals surface area contributed by atoms with Crippen LogP contribution in [0, 0.1) is 29.6 Å². The third-order valence-corrected chi connectivity index (χ3v) is 7.01. The van der Waals surface area contributed by atoms with Gasteiger partial charge in [0.25, 0.3) is 0 Å². The fourth-order valence-electron chi connectivity index (χ4n) is 4.08. The van der Waals surface area contributed by atoms with E-state index in [1.54, 1.807) is 0 Å². The average Bonchev–Trinajstić information content (AvgIpc) is 2.62. The molecule has 0 N–H and O–H groups in total. The summed E-state index contributed by atoms with van der Waals surface area (Å²) in [6.45, 7) is 16.8. The first-order chi connectivity index (χ1) is 12.4. The van der Waals surface area contributed by atoms with Crippen molar-refractivity contribution in [2.45, 2.75) is 138 Å². The molecule has 0 heterocycles. The molecule has 4 atom stereocenters. The third-order valence-electron chi connectivity index (χ3n) is 7.01. The summed E-state index contributed by atoms with van der Waals surface area (Å²) in [5, 5.41) is 0. The molecule has 158 valence electrons. The highest BCUT2D eigenvalue weighted by Gasteiger charge is 2.12. The normalized spacial score (nSPS) is 16.6. The van der Waals surface area contributed by atoms with Gasteiger partial charge in [-0.25, -0.2) is 0 Å². The Kier molecular flexibility index (Phi) is 17.1. The highest BCUT2D eigenvalue weighted by Crippen LogP contribution is 2.26. The van der Waals surface area contributed by atoms with Gasteiger partial charge in [0.1, 0.15) is 0 Å². The second kappa shape index (κ2) is 17.1. The van der Waals surface area contributed by atoms with Gasteiger partial charge >= 0.3 is 0 Å². The van der Waals surface area contributed by atoms with Crippen LogP contribution in [0.15, 0.2) is 0 Å². The highest BCUT2D eigenvalue weighted by molar-refractivity contribution is 4.64. The molecule has 4 unspecified atom stereocenters. The zero-order valence-corrected chi connectivity index (χ0v) is 19.8. The van der Waals surface area contributed by atoms with E-state index in [1.165, 1.54) is 89.9 Å². The summed E-state index contributed by atoms with van der Waals surface area (Å²) >= 11 is 0. The summed E-state index contributed by atoms with van der Waals surface area (Å²) in [7, 11) is 0. The van der Waals surface area contributed by atoms with Crippen LogP contribution in [-0.2, 0) is 0 Å². The largest absolute Gasteiger partial charge is 0.0654 e. The Morgan fingerprint density at radius 1 is 0.500 bits per heavy atom. The van der Waals surface area contributed by atoms with Gasteiger partial charge in [0.2, 0.25) is 0 Å². The van der Waals surface area contributed by atoms with E-state index in [4.69, 9.17) is 0 Å². The third kappa shape index (κ3) is 15.1. The summed E-state index contributed by atoms with van der Waals surface area (Å²) in [5.74, 6) is 4.63. The lowest BCUT2D eigenvalue weighted by Gasteiger charge is -2.20. The van der Waals surface area contributed by atoms with Crippen molar-refractivity contribution in [3.05, 3.63) is 0 Å². The van der Waals surface area contributed by atoms with E-state index in [2.05, 4.69) is 48.5 Å². The van der Waals surface area contributed by atoms with Crippen LogP contribution < -0.4 is 0 Å². The molecule has 0 nitrogen and oxygen atoms in total. The van der Waals surface area contributed by atoms with Gasteiger partial charge in [0, 0.05) is 0 Å². The van der Waals surface area contributed by atoms with Crippen LogP contribution in [0.1, 0.15) is 138 Å². The Labute approximate surface area is 168 Å². The molecule has 0 aromatic carbocycles. The highest BCUT2D eigenvalue weighted by atomic mass is 14.2. The molecule has 0 saturated heterocycles. The summed E-state index contributed by atoms with van der Waals surface area (Å²) in [6, 6.07) is 0. The van der Waals surface area contributed by atoms with Crippen molar-refractivity contribution in [2.24, 2.45) is 29.6 Å². The van der Waals surface area contributed by atoms with E-state index in [9.17, 15) is 0 Å². The van der Waals surface area contributed by atoms with Crippen LogP contribution in [0.4, 0.5) is 0 Å². The van der Waals surface area contributed by atoms with Gasteiger partial charge in [-0.15, -0.1) is 0 Å². The van der Waals surface area contributed by atoms with Crippen molar-refractivity contribution in [1.82, 2.24) is 0 Å². The summed E-state index contributed by atoms with van der Waals surface area (Å²) < 4.78 is 0. The zero-order valence-electron chi connectivity index (χ0n) is 19.8. The van der Waals surface area contributed by atoms with Gasteiger partial charge in [0.15, 0.2) is 0 Å². The molecule has 0 aliphatic heterocycles. The van der Waals surface area contributed by atoms with Gasteiger partial charge < -0.3 is 0 Å². The van der Waals surface area contributed by atoms with E-state index in [0.717, 1.165) is 29.6 Å². The second-order valence-corrected chi connectivity index (χ2v) is 9.99. The predicted molar refractivity (Wildman–Crippen MR) is 122 cm³/mol. The standard InChI is InChI=1S/C26H54/c1-8-10-15-23(5)18-20-26(9-2)21-19-24(6)16-13-11-12-14-17-25(7)22(3)4/h22-26H,8-21H2,1-7H3. The Hall–Kier alpha value is 0. The fraction of sp³-hybridized carbons (Fsp3) is 1.00. The quantitative estimate of drug-likeness (QED) is 0.212. The first-order valence-corrected chi connectivity index (χ1v) is 12.4. The first kappa shape index (κ1) is 26.0. The maximum absolute atomic E-state index is 2.50. The number of rotatable bonds is 18. The van der Waals surface area contributed by atoms with Crippen molar-refractivity contribution >= 4 is 0 Å². The lowest BCUT2D eigenvalue weighted by Crippen LogP contribution is -2.06. The van der Waals surface area contributed by atoms with Crippen molar-refractivity contribution in [2.75, 3.05) is 0 Å². The van der Waals surface area contributed by atoms with Gasteiger partial charge in [-0.3, -0.25) is 0 Å². The van der Waals surface area contributed by atoms with Gasteiger partial charge in [-0.2, -0.15) is 0 Å². The number of hydrogen-bond acceptors (Lipinski definition) is 0. The molecule has 0 aromatic rings. The number of unbranched alkanes of at least 4 members (excludes halogenated alkanes) is 4. The van der Waals surface area contributed by atoms with Crippen molar-refractivity contribution in [1.29, 1.82) is 0 Å². The average molecular weight is 367 g/mol. The van der Waals surface area contributed by atoms with Gasteiger partial charge in [-0.05, 0) is 29.6 Å². The minimum absolute atomic E-state index is 0.858. The molecule has 0 radical (unpaired) electrons. The maximum Gasteiger partial charge on any atom is -0.0417 e. The van der Waals surface area contributed by atoms with Crippen LogP contribution in [-0.4, -0.2) is 0 Å². The maximum atomic E-state index is 2.50. The summed E-state index contributed by atoms with van der Waals surface area (Å²) in [4.78, 5) is 0. The lowest BCUT2D eigenvalue weighted by atomic mass is 9.86. The van der Waals surface area contributed by atoms with E-state index >= 15 is 0 Å². The topological polar surface area (TPSA) is 0 Å². The zero-order chi connectivity index (χ0) is 19.8. The number of hydrogen-bond donors (Lipinski definition) is 0. The van der Waals surface area contributed by atoms with Crippen LogP contribution in [0.25, 0.3) is 0 Å². The monoisotopic (exact) mass is 366 g/mol. The lowest BCUT2D eigenvalue weighted by molar-refractivity contribution is 0.329. The molecule has 0 rings (SSSR count). The van der Waals surface area contributed by atoms with Crippen LogP contribution in [0.2, 0.25) is 0 Å².